The Kier molecular flexibility index (Phi) is 3.60. The Balaban J connectivity index is 2.64. The summed E-state index contributed by atoms with van der Waals surface area (Å²) in [6, 6.07) is 0. The second kappa shape index (κ2) is 4.52. The van der Waals surface area contributed by atoms with E-state index in [2.05, 4.69) is 4.98 Å². The number of carboxylic acid groups (broad SMARTS) is 1. The molecule has 1 rings (SSSR count). The van der Waals surface area contributed by atoms with Gasteiger partial charge in [0.25, 0.3) is 0 Å². The maximum atomic E-state index is 10.4. The Morgan fingerprint density at radius 3 is 2.71 bits per heavy atom. The van der Waals surface area contributed by atoms with Gasteiger partial charge in [0.05, 0.1) is 5.01 Å². The van der Waals surface area contributed by atoms with Crippen molar-refractivity contribution < 1.29 is 15.0 Å². The summed E-state index contributed by atoms with van der Waals surface area (Å²) in [6.07, 6.45) is 0.446. The predicted molar refractivity (Wildman–Crippen MR) is 53.5 cm³/mol. The van der Waals surface area contributed by atoms with Crippen LogP contribution in [-0.4, -0.2) is 27.3 Å². The van der Waals surface area contributed by atoms with E-state index in [1.807, 2.05) is 13.8 Å². The molecule has 2 N–H and O–H groups in total. The van der Waals surface area contributed by atoms with Crippen LogP contribution in [0.3, 0.4) is 0 Å². The first kappa shape index (κ1) is 11.1. The van der Waals surface area contributed by atoms with Crippen molar-refractivity contribution in [2.75, 3.05) is 0 Å². The summed E-state index contributed by atoms with van der Waals surface area (Å²) < 4.78 is 0. The highest BCUT2D eigenvalue weighted by molar-refractivity contribution is 7.11. The molecule has 14 heavy (non-hydrogen) atoms. The van der Waals surface area contributed by atoms with Gasteiger partial charge in [-0.15, -0.1) is 11.3 Å². The summed E-state index contributed by atoms with van der Waals surface area (Å²) in [5, 5.41) is 18.6. The Labute approximate surface area is 86.2 Å². The van der Waals surface area contributed by atoms with Crippen LogP contribution in [0.25, 0.3) is 0 Å². The van der Waals surface area contributed by atoms with Crippen LogP contribution in [-0.2, 0) is 11.2 Å². The molecular formula is C9H13NO3S. The lowest BCUT2D eigenvalue weighted by Gasteiger charge is -2.01. The maximum absolute atomic E-state index is 10.4. The molecule has 1 atom stereocenters. The molecule has 0 amide bonds. The minimum Gasteiger partial charge on any atom is -0.479 e. The monoisotopic (exact) mass is 215 g/mol. The third kappa shape index (κ3) is 2.78. The van der Waals surface area contributed by atoms with Crippen molar-refractivity contribution in [3.63, 3.8) is 0 Å². The molecule has 1 heterocycles. The van der Waals surface area contributed by atoms with E-state index in [1.165, 1.54) is 11.3 Å². The van der Waals surface area contributed by atoms with E-state index in [1.54, 1.807) is 6.20 Å². The fraction of sp³-hybridized carbons (Fsp3) is 0.556. The van der Waals surface area contributed by atoms with Gasteiger partial charge in [-0.2, -0.15) is 0 Å². The molecule has 0 spiro atoms. The van der Waals surface area contributed by atoms with E-state index in [0.29, 0.717) is 5.92 Å². The standard InChI is InChI=1S/C9H13NO3S/c1-5(2)8-10-4-6(14-8)3-7(11)9(12)13/h4-5,7,11H,3H2,1-2H3,(H,12,13). The maximum Gasteiger partial charge on any atom is 0.332 e. The molecule has 78 valence electrons. The van der Waals surface area contributed by atoms with Crippen LogP contribution in [0.5, 0.6) is 0 Å². The molecule has 0 fully saturated rings. The van der Waals surface area contributed by atoms with E-state index >= 15 is 0 Å². The molecule has 1 unspecified atom stereocenters. The Morgan fingerprint density at radius 2 is 2.29 bits per heavy atom. The molecule has 1 aromatic rings. The summed E-state index contributed by atoms with van der Waals surface area (Å²) in [7, 11) is 0. The van der Waals surface area contributed by atoms with Crippen molar-refractivity contribution in [2.24, 2.45) is 0 Å². The van der Waals surface area contributed by atoms with E-state index in [-0.39, 0.29) is 6.42 Å². The van der Waals surface area contributed by atoms with Crippen molar-refractivity contribution in [1.82, 2.24) is 4.98 Å². The fourth-order valence-electron chi connectivity index (χ4n) is 0.962. The fourth-order valence-corrected chi connectivity index (χ4v) is 1.92. The van der Waals surface area contributed by atoms with Gasteiger partial charge < -0.3 is 10.2 Å². The van der Waals surface area contributed by atoms with Crippen molar-refractivity contribution in [1.29, 1.82) is 0 Å². The van der Waals surface area contributed by atoms with Gasteiger partial charge in [0, 0.05) is 23.4 Å². The molecule has 0 aliphatic rings. The molecule has 1 aromatic heterocycles. The van der Waals surface area contributed by atoms with Crippen LogP contribution in [0.2, 0.25) is 0 Å². The number of nitrogens with zero attached hydrogens (tertiary/aromatic N) is 1. The molecule has 0 aliphatic carbocycles. The Morgan fingerprint density at radius 1 is 1.64 bits per heavy atom. The number of aliphatic hydroxyl groups is 1. The summed E-state index contributed by atoms with van der Waals surface area (Å²) in [6.45, 7) is 4.05. The number of aliphatic carboxylic acids is 1. The van der Waals surface area contributed by atoms with Crippen LogP contribution < -0.4 is 0 Å². The summed E-state index contributed by atoms with van der Waals surface area (Å²) in [5.41, 5.74) is 0. The zero-order chi connectivity index (χ0) is 10.7. The van der Waals surface area contributed by atoms with Crippen molar-refractivity contribution in [3.05, 3.63) is 16.1 Å². The van der Waals surface area contributed by atoms with Crippen molar-refractivity contribution in [2.45, 2.75) is 32.3 Å². The molecule has 4 nitrogen and oxygen atoms in total. The van der Waals surface area contributed by atoms with E-state index in [4.69, 9.17) is 10.2 Å². The van der Waals surface area contributed by atoms with Gasteiger partial charge in [-0.3, -0.25) is 0 Å². The van der Waals surface area contributed by atoms with Crippen LogP contribution in [0.1, 0.15) is 29.7 Å². The van der Waals surface area contributed by atoms with Gasteiger partial charge in [-0.25, -0.2) is 9.78 Å². The highest BCUT2D eigenvalue weighted by atomic mass is 32.1. The predicted octanol–water partition coefficient (Wildman–Crippen LogP) is 1.25. The Hall–Kier alpha value is -0.940. The molecule has 0 aliphatic heterocycles. The third-order valence-electron chi connectivity index (χ3n) is 1.74. The summed E-state index contributed by atoms with van der Waals surface area (Å²) in [4.78, 5) is 15.3. The van der Waals surface area contributed by atoms with Crippen LogP contribution in [0.4, 0.5) is 0 Å². The Bertz CT molecular complexity index is 322. The lowest BCUT2D eigenvalue weighted by Crippen LogP contribution is -2.21. The number of thiazole rings is 1. The summed E-state index contributed by atoms with van der Waals surface area (Å²) >= 11 is 1.45. The molecular weight excluding hydrogens is 202 g/mol. The average Bonchev–Trinajstić information content (AvgIpc) is 2.52. The van der Waals surface area contributed by atoms with Crippen LogP contribution in [0, 0.1) is 0 Å². The summed E-state index contributed by atoms with van der Waals surface area (Å²) in [5.74, 6) is -0.847. The quantitative estimate of drug-likeness (QED) is 0.793. The second-order valence-electron chi connectivity index (χ2n) is 3.38. The molecule has 0 bridgehead atoms. The number of hydrogen-bond acceptors (Lipinski definition) is 4. The second-order valence-corrected chi connectivity index (χ2v) is 4.52. The van der Waals surface area contributed by atoms with Gasteiger partial charge in [-0.05, 0) is 0 Å². The van der Waals surface area contributed by atoms with Gasteiger partial charge in [0.2, 0.25) is 0 Å². The number of aromatic nitrogens is 1. The van der Waals surface area contributed by atoms with E-state index < -0.39 is 12.1 Å². The molecule has 0 saturated heterocycles. The topological polar surface area (TPSA) is 70.4 Å². The van der Waals surface area contributed by atoms with Gasteiger partial charge in [-0.1, -0.05) is 13.8 Å². The van der Waals surface area contributed by atoms with Crippen LogP contribution >= 0.6 is 11.3 Å². The number of carbonyl (C=O) groups is 1. The number of aliphatic hydroxyl groups excluding tert-OH is 1. The lowest BCUT2D eigenvalue weighted by molar-refractivity contribution is -0.146. The van der Waals surface area contributed by atoms with Gasteiger partial charge >= 0.3 is 5.97 Å². The smallest absolute Gasteiger partial charge is 0.332 e. The van der Waals surface area contributed by atoms with Crippen molar-refractivity contribution in [3.8, 4) is 0 Å². The lowest BCUT2D eigenvalue weighted by atomic mass is 10.2. The number of hydrogen-bond donors (Lipinski definition) is 2. The minimum absolute atomic E-state index is 0.139. The molecule has 0 radical (unpaired) electrons. The van der Waals surface area contributed by atoms with E-state index in [9.17, 15) is 4.79 Å². The molecule has 0 saturated carbocycles. The van der Waals surface area contributed by atoms with Gasteiger partial charge in [0.1, 0.15) is 0 Å². The SMILES string of the molecule is CC(C)c1ncc(CC(O)C(=O)O)s1. The van der Waals surface area contributed by atoms with Crippen LogP contribution in [0.15, 0.2) is 6.20 Å². The first-order chi connectivity index (χ1) is 6.50. The van der Waals surface area contributed by atoms with Crippen molar-refractivity contribution >= 4 is 17.3 Å². The number of carboxylic acids is 1. The largest absolute Gasteiger partial charge is 0.479 e. The zero-order valence-electron chi connectivity index (χ0n) is 8.10. The van der Waals surface area contributed by atoms with Gasteiger partial charge in [0.15, 0.2) is 6.10 Å². The average molecular weight is 215 g/mol. The first-order valence-corrected chi connectivity index (χ1v) is 5.18. The number of rotatable bonds is 4. The first-order valence-electron chi connectivity index (χ1n) is 4.36. The highest BCUT2D eigenvalue weighted by Crippen LogP contribution is 2.21. The minimum atomic E-state index is -1.32. The highest BCUT2D eigenvalue weighted by Gasteiger charge is 2.15. The van der Waals surface area contributed by atoms with E-state index in [0.717, 1.165) is 9.88 Å². The normalized spacial score (nSPS) is 13.1. The molecule has 0 aromatic carbocycles. The zero-order valence-corrected chi connectivity index (χ0v) is 8.91. The third-order valence-corrected chi connectivity index (χ3v) is 3.07. The molecule has 5 heteroatoms.